The summed E-state index contributed by atoms with van der Waals surface area (Å²) in [5.41, 5.74) is 3.71. The Morgan fingerprint density at radius 1 is 0.960 bits per heavy atom. The second-order valence-electron chi connectivity index (χ2n) is 5.94. The molecule has 1 aromatic heterocycles. The van der Waals surface area contributed by atoms with Crippen molar-refractivity contribution < 1.29 is 9.13 Å². The maximum atomic E-state index is 13.7. The summed E-state index contributed by atoms with van der Waals surface area (Å²) in [7, 11) is 0. The lowest BCUT2D eigenvalue weighted by molar-refractivity contribution is 0.454. The topological polar surface area (TPSA) is 35.0 Å². The van der Waals surface area contributed by atoms with Crippen LogP contribution in [-0.4, -0.2) is 9.97 Å². The lowest BCUT2D eigenvalue weighted by Crippen LogP contribution is -1.96. The molecule has 0 fully saturated rings. The second kappa shape index (κ2) is 7.66. The molecular formula is C20H19FN2OS. The van der Waals surface area contributed by atoms with Crippen LogP contribution >= 0.6 is 11.8 Å². The molecular weight excluding hydrogens is 335 g/mol. The molecule has 0 aliphatic carbocycles. The fourth-order valence-corrected chi connectivity index (χ4v) is 3.38. The number of hydrogen-bond donors (Lipinski definition) is 0. The van der Waals surface area contributed by atoms with E-state index in [0.717, 1.165) is 22.6 Å². The van der Waals surface area contributed by atoms with E-state index < -0.39 is 0 Å². The maximum Gasteiger partial charge on any atom is 0.223 e. The molecule has 3 nitrogen and oxygen atoms in total. The molecule has 0 aliphatic rings. The molecule has 25 heavy (non-hydrogen) atoms. The number of hydrogen-bond acceptors (Lipinski definition) is 4. The number of benzene rings is 2. The van der Waals surface area contributed by atoms with Crippen molar-refractivity contribution in [2.24, 2.45) is 0 Å². The van der Waals surface area contributed by atoms with Gasteiger partial charge in [0, 0.05) is 17.5 Å². The number of thioether (sulfide) groups is 1. The van der Waals surface area contributed by atoms with Crippen molar-refractivity contribution in [3.8, 4) is 11.6 Å². The summed E-state index contributed by atoms with van der Waals surface area (Å²) in [6.45, 7) is 5.95. The third kappa shape index (κ3) is 4.79. The van der Waals surface area contributed by atoms with Crippen LogP contribution in [0.15, 0.2) is 53.7 Å². The predicted molar refractivity (Wildman–Crippen MR) is 98.7 cm³/mol. The van der Waals surface area contributed by atoms with Crippen molar-refractivity contribution in [3.05, 3.63) is 76.7 Å². The standard InChI is InChI=1S/C20H19FN2OS/c1-13-8-14(2)10-17(9-13)24-19-11-15(3)22-20(23-19)25-12-16-6-4-5-7-18(16)21/h4-11H,12H2,1-3H3. The second-order valence-corrected chi connectivity index (χ2v) is 6.88. The van der Waals surface area contributed by atoms with Gasteiger partial charge in [-0.2, -0.15) is 4.98 Å². The van der Waals surface area contributed by atoms with Crippen LogP contribution < -0.4 is 4.74 Å². The van der Waals surface area contributed by atoms with Crippen LogP contribution in [0.25, 0.3) is 0 Å². The molecule has 0 spiro atoms. The number of rotatable bonds is 5. The summed E-state index contributed by atoms with van der Waals surface area (Å²) >= 11 is 1.39. The fourth-order valence-electron chi connectivity index (χ4n) is 2.50. The fraction of sp³-hybridized carbons (Fsp3) is 0.200. The Hall–Kier alpha value is -2.40. The minimum absolute atomic E-state index is 0.214. The summed E-state index contributed by atoms with van der Waals surface area (Å²) < 4.78 is 19.6. The highest BCUT2D eigenvalue weighted by Crippen LogP contribution is 2.26. The molecule has 0 saturated heterocycles. The van der Waals surface area contributed by atoms with Crippen molar-refractivity contribution in [1.29, 1.82) is 0 Å². The summed E-state index contributed by atoms with van der Waals surface area (Å²) in [6.07, 6.45) is 0. The van der Waals surface area contributed by atoms with Gasteiger partial charge in [0.25, 0.3) is 0 Å². The molecule has 1 heterocycles. The number of ether oxygens (including phenoxy) is 1. The molecule has 0 unspecified atom stereocenters. The average Bonchev–Trinajstić information content (AvgIpc) is 2.52. The number of halogens is 1. The minimum Gasteiger partial charge on any atom is -0.439 e. The number of nitrogens with zero attached hydrogens (tertiary/aromatic N) is 2. The maximum absolute atomic E-state index is 13.7. The zero-order valence-corrected chi connectivity index (χ0v) is 15.2. The van der Waals surface area contributed by atoms with Gasteiger partial charge in [-0.15, -0.1) is 0 Å². The SMILES string of the molecule is Cc1cc(C)cc(Oc2cc(C)nc(SCc3ccccc3F)n2)c1. The molecule has 0 saturated carbocycles. The average molecular weight is 354 g/mol. The van der Waals surface area contributed by atoms with E-state index in [-0.39, 0.29) is 5.82 Å². The van der Waals surface area contributed by atoms with Crippen molar-refractivity contribution >= 4 is 11.8 Å². The van der Waals surface area contributed by atoms with Gasteiger partial charge in [0.2, 0.25) is 5.88 Å². The molecule has 5 heteroatoms. The Morgan fingerprint density at radius 2 is 1.68 bits per heavy atom. The highest BCUT2D eigenvalue weighted by molar-refractivity contribution is 7.98. The van der Waals surface area contributed by atoms with Gasteiger partial charge in [-0.1, -0.05) is 36.0 Å². The van der Waals surface area contributed by atoms with E-state index in [0.29, 0.717) is 22.4 Å². The molecule has 0 N–H and O–H groups in total. The third-order valence-corrected chi connectivity index (χ3v) is 4.44. The summed E-state index contributed by atoms with van der Waals surface area (Å²) in [4.78, 5) is 8.84. The molecule has 2 aromatic carbocycles. The normalized spacial score (nSPS) is 10.7. The molecule has 0 bridgehead atoms. The Kier molecular flexibility index (Phi) is 5.34. The third-order valence-electron chi connectivity index (χ3n) is 3.54. The first-order valence-electron chi connectivity index (χ1n) is 7.97. The van der Waals surface area contributed by atoms with Crippen molar-refractivity contribution in [1.82, 2.24) is 9.97 Å². The lowest BCUT2D eigenvalue weighted by Gasteiger charge is -2.09. The van der Waals surface area contributed by atoms with Gasteiger partial charge in [0.15, 0.2) is 5.16 Å². The van der Waals surface area contributed by atoms with Gasteiger partial charge in [-0.05, 0) is 55.7 Å². The Labute approximate surface area is 151 Å². The molecule has 128 valence electrons. The molecule has 0 aliphatic heterocycles. The van der Waals surface area contributed by atoms with Crippen molar-refractivity contribution in [2.75, 3.05) is 0 Å². The van der Waals surface area contributed by atoms with Crippen LogP contribution in [0.3, 0.4) is 0 Å². The number of aromatic nitrogens is 2. The van der Waals surface area contributed by atoms with E-state index >= 15 is 0 Å². The van der Waals surface area contributed by atoms with Crippen LogP contribution in [0, 0.1) is 26.6 Å². The van der Waals surface area contributed by atoms with Crippen LogP contribution in [0.2, 0.25) is 0 Å². The van der Waals surface area contributed by atoms with Gasteiger partial charge in [-0.25, -0.2) is 9.37 Å². The smallest absolute Gasteiger partial charge is 0.223 e. The largest absolute Gasteiger partial charge is 0.439 e. The molecule has 0 amide bonds. The molecule has 3 rings (SSSR count). The highest BCUT2D eigenvalue weighted by Gasteiger charge is 2.08. The zero-order valence-electron chi connectivity index (χ0n) is 14.4. The van der Waals surface area contributed by atoms with Gasteiger partial charge in [0.1, 0.15) is 11.6 Å². The first-order valence-corrected chi connectivity index (χ1v) is 8.96. The minimum atomic E-state index is -0.214. The monoisotopic (exact) mass is 354 g/mol. The van der Waals surface area contributed by atoms with Crippen LogP contribution in [-0.2, 0) is 5.75 Å². The zero-order chi connectivity index (χ0) is 17.8. The van der Waals surface area contributed by atoms with E-state index in [1.165, 1.54) is 17.8 Å². The first-order chi connectivity index (χ1) is 12.0. The summed E-state index contributed by atoms with van der Waals surface area (Å²) in [5, 5.41) is 0.572. The van der Waals surface area contributed by atoms with E-state index in [1.54, 1.807) is 18.2 Å². The highest BCUT2D eigenvalue weighted by atomic mass is 32.2. The molecule has 3 aromatic rings. The van der Waals surface area contributed by atoms with Crippen LogP contribution in [0.1, 0.15) is 22.4 Å². The van der Waals surface area contributed by atoms with E-state index in [1.807, 2.05) is 39.0 Å². The Balaban J connectivity index is 1.77. The lowest BCUT2D eigenvalue weighted by atomic mass is 10.1. The molecule has 0 atom stereocenters. The van der Waals surface area contributed by atoms with Gasteiger partial charge in [0.05, 0.1) is 0 Å². The van der Waals surface area contributed by atoms with E-state index in [2.05, 4.69) is 16.0 Å². The summed E-state index contributed by atoms with van der Waals surface area (Å²) in [5.74, 6) is 1.50. The Bertz CT molecular complexity index is 878. The van der Waals surface area contributed by atoms with E-state index in [9.17, 15) is 4.39 Å². The van der Waals surface area contributed by atoms with E-state index in [4.69, 9.17) is 4.74 Å². The van der Waals surface area contributed by atoms with Gasteiger partial charge in [-0.3, -0.25) is 0 Å². The van der Waals surface area contributed by atoms with Crippen LogP contribution in [0.4, 0.5) is 4.39 Å². The van der Waals surface area contributed by atoms with Crippen LogP contribution in [0.5, 0.6) is 11.6 Å². The van der Waals surface area contributed by atoms with Crippen molar-refractivity contribution in [2.45, 2.75) is 31.7 Å². The van der Waals surface area contributed by atoms with Gasteiger partial charge < -0.3 is 4.74 Å². The number of aryl methyl sites for hydroxylation is 3. The Morgan fingerprint density at radius 3 is 2.40 bits per heavy atom. The summed E-state index contributed by atoms with van der Waals surface area (Å²) in [6, 6.07) is 14.6. The predicted octanol–water partition coefficient (Wildman–Crippen LogP) is 5.63. The van der Waals surface area contributed by atoms with Gasteiger partial charge >= 0.3 is 0 Å². The first kappa shape index (κ1) is 17.4. The molecule has 0 radical (unpaired) electrons. The quantitative estimate of drug-likeness (QED) is 0.440. The van der Waals surface area contributed by atoms with Crippen molar-refractivity contribution in [3.63, 3.8) is 0 Å².